The Kier molecular flexibility index (Phi) is 6.07. The van der Waals surface area contributed by atoms with Crippen molar-refractivity contribution in [3.05, 3.63) is 63.1 Å². The summed E-state index contributed by atoms with van der Waals surface area (Å²) in [5.41, 5.74) is 3.11. The Hall–Kier alpha value is -1.75. The summed E-state index contributed by atoms with van der Waals surface area (Å²) >= 11 is 17.6. The zero-order chi connectivity index (χ0) is 15.9. The van der Waals surface area contributed by atoms with Crippen molar-refractivity contribution in [1.82, 2.24) is 5.43 Å². The van der Waals surface area contributed by atoms with Crippen LogP contribution in [0, 0.1) is 0 Å². The van der Waals surface area contributed by atoms with Crippen molar-refractivity contribution >= 4 is 46.9 Å². The van der Waals surface area contributed by atoms with Crippen LogP contribution in [0.5, 0.6) is 5.75 Å². The van der Waals surface area contributed by atoms with Crippen LogP contribution >= 0.6 is 34.8 Å². The predicted octanol–water partition coefficient (Wildman–Crippen LogP) is 4.18. The second-order valence-corrected chi connectivity index (χ2v) is 5.41. The molecule has 0 aliphatic heterocycles. The molecule has 2 aromatic rings. The van der Waals surface area contributed by atoms with E-state index in [2.05, 4.69) is 10.5 Å². The van der Waals surface area contributed by atoms with Gasteiger partial charge in [0.05, 0.1) is 11.2 Å². The molecular formula is C15H11Cl3N2O2. The molecule has 4 nitrogen and oxygen atoms in total. The molecule has 2 rings (SSSR count). The van der Waals surface area contributed by atoms with E-state index < -0.39 is 5.91 Å². The number of carbonyl (C=O) groups excluding carboxylic acids is 1. The number of hydrogen-bond acceptors (Lipinski definition) is 3. The molecule has 0 aliphatic carbocycles. The van der Waals surface area contributed by atoms with Crippen LogP contribution < -0.4 is 10.2 Å². The number of nitrogens with one attached hydrogen (secondary N) is 1. The Labute approximate surface area is 142 Å². The average Bonchev–Trinajstić information content (AvgIpc) is 2.49. The van der Waals surface area contributed by atoms with Gasteiger partial charge in [0, 0.05) is 5.02 Å². The van der Waals surface area contributed by atoms with Crippen LogP contribution in [0.4, 0.5) is 0 Å². The van der Waals surface area contributed by atoms with Gasteiger partial charge in [-0.3, -0.25) is 4.79 Å². The Morgan fingerprint density at radius 3 is 2.73 bits per heavy atom. The highest BCUT2D eigenvalue weighted by Crippen LogP contribution is 2.31. The Morgan fingerprint density at radius 2 is 1.95 bits per heavy atom. The molecule has 0 radical (unpaired) electrons. The molecule has 0 aromatic heterocycles. The summed E-state index contributed by atoms with van der Waals surface area (Å²) in [5.74, 6) is -0.0857. The first-order valence-corrected chi connectivity index (χ1v) is 7.34. The monoisotopic (exact) mass is 356 g/mol. The highest BCUT2D eigenvalue weighted by molar-refractivity contribution is 6.42. The quantitative estimate of drug-likeness (QED) is 0.645. The fourth-order valence-electron chi connectivity index (χ4n) is 1.54. The van der Waals surface area contributed by atoms with Crippen molar-refractivity contribution in [2.24, 2.45) is 5.10 Å². The molecule has 0 atom stereocenters. The molecule has 0 fully saturated rings. The molecule has 0 saturated heterocycles. The molecule has 7 heteroatoms. The molecule has 0 spiro atoms. The normalized spacial score (nSPS) is 10.7. The number of hydrogen-bond donors (Lipinski definition) is 1. The molecule has 0 aliphatic rings. The third-order valence-corrected chi connectivity index (χ3v) is 3.56. The van der Waals surface area contributed by atoms with Crippen molar-refractivity contribution in [3.63, 3.8) is 0 Å². The Bertz CT molecular complexity index is 705. The van der Waals surface area contributed by atoms with Crippen molar-refractivity contribution < 1.29 is 9.53 Å². The third kappa shape index (κ3) is 4.91. The smallest absolute Gasteiger partial charge is 0.277 e. The molecule has 0 unspecified atom stereocenters. The third-order valence-electron chi connectivity index (χ3n) is 2.53. The summed E-state index contributed by atoms with van der Waals surface area (Å²) in [4.78, 5) is 11.6. The lowest BCUT2D eigenvalue weighted by atomic mass is 10.2. The van der Waals surface area contributed by atoms with E-state index in [-0.39, 0.29) is 11.6 Å². The molecule has 0 saturated carbocycles. The van der Waals surface area contributed by atoms with E-state index in [0.29, 0.717) is 15.8 Å². The Morgan fingerprint density at radius 1 is 1.18 bits per heavy atom. The highest BCUT2D eigenvalue weighted by atomic mass is 35.5. The molecule has 0 heterocycles. The van der Waals surface area contributed by atoms with Crippen LogP contribution in [0.3, 0.4) is 0 Å². The fourth-order valence-corrected chi connectivity index (χ4v) is 2.08. The number of benzene rings is 2. The standard InChI is InChI=1S/C15H11Cl3N2O2/c16-11-4-1-3-10(7-11)8-19-20-14(21)9-22-13-6-2-5-12(17)15(13)18/h1-8H,9H2,(H,20,21)/b19-8+. The van der Waals surface area contributed by atoms with Gasteiger partial charge in [-0.05, 0) is 29.8 Å². The summed E-state index contributed by atoms with van der Waals surface area (Å²) in [6.45, 7) is -0.229. The molecule has 1 amide bonds. The predicted molar refractivity (Wildman–Crippen MR) is 89.1 cm³/mol. The van der Waals surface area contributed by atoms with Crippen LogP contribution in [-0.2, 0) is 4.79 Å². The van der Waals surface area contributed by atoms with Gasteiger partial charge in [-0.1, -0.05) is 53.0 Å². The van der Waals surface area contributed by atoms with Gasteiger partial charge >= 0.3 is 0 Å². The zero-order valence-corrected chi connectivity index (χ0v) is 13.5. The van der Waals surface area contributed by atoms with Crippen molar-refractivity contribution in [3.8, 4) is 5.75 Å². The van der Waals surface area contributed by atoms with Gasteiger partial charge in [0.25, 0.3) is 5.91 Å². The van der Waals surface area contributed by atoms with Crippen molar-refractivity contribution in [2.75, 3.05) is 6.61 Å². The summed E-state index contributed by atoms with van der Waals surface area (Å²) in [5, 5.41) is 5.03. The fraction of sp³-hybridized carbons (Fsp3) is 0.0667. The highest BCUT2D eigenvalue weighted by Gasteiger charge is 2.07. The maximum atomic E-state index is 11.6. The lowest BCUT2D eigenvalue weighted by molar-refractivity contribution is -0.123. The lowest BCUT2D eigenvalue weighted by Gasteiger charge is -2.07. The maximum Gasteiger partial charge on any atom is 0.277 e. The number of halogens is 3. The first-order valence-electron chi connectivity index (χ1n) is 6.20. The minimum atomic E-state index is -0.422. The minimum absolute atomic E-state index is 0.229. The van der Waals surface area contributed by atoms with E-state index in [1.165, 1.54) is 6.21 Å². The number of rotatable bonds is 5. The molecule has 0 bridgehead atoms. The van der Waals surface area contributed by atoms with Crippen LogP contribution in [0.2, 0.25) is 15.1 Å². The van der Waals surface area contributed by atoms with E-state index >= 15 is 0 Å². The van der Waals surface area contributed by atoms with Crippen LogP contribution in [0.15, 0.2) is 47.6 Å². The van der Waals surface area contributed by atoms with Crippen LogP contribution in [-0.4, -0.2) is 18.7 Å². The number of amides is 1. The van der Waals surface area contributed by atoms with Crippen molar-refractivity contribution in [1.29, 1.82) is 0 Å². The molecular weight excluding hydrogens is 347 g/mol. The van der Waals surface area contributed by atoms with E-state index in [1.54, 1.807) is 36.4 Å². The molecule has 22 heavy (non-hydrogen) atoms. The number of hydrazone groups is 1. The van der Waals surface area contributed by atoms with E-state index in [1.807, 2.05) is 6.07 Å². The molecule has 1 N–H and O–H groups in total. The summed E-state index contributed by atoms with van der Waals surface area (Å²) in [7, 11) is 0. The van der Waals surface area contributed by atoms with Crippen LogP contribution in [0.1, 0.15) is 5.56 Å². The Balaban J connectivity index is 1.84. The SMILES string of the molecule is O=C(COc1cccc(Cl)c1Cl)N/N=C/c1cccc(Cl)c1. The number of carbonyl (C=O) groups is 1. The minimum Gasteiger partial charge on any atom is -0.482 e. The second kappa shape index (κ2) is 8.03. The lowest BCUT2D eigenvalue weighted by Crippen LogP contribution is -2.24. The van der Waals surface area contributed by atoms with Crippen molar-refractivity contribution in [2.45, 2.75) is 0 Å². The first kappa shape index (κ1) is 16.6. The van der Waals surface area contributed by atoms with E-state index in [4.69, 9.17) is 39.5 Å². The van der Waals surface area contributed by atoms with E-state index in [9.17, 15) is 4.79 Å². The van der Waals surface area contributed by atoms with Gasteiger partial charge in [0.2, 0.25) is 0 Å². The number of ether oxygens (including phenoxy) is 1. The summed E-state index contributed by atoms with van der Waals surface area (Å²) in [6.07, 6.45) is 1.48. The van der Waals surface area contributed by atoms with Gasteiger partial charge in [-0.15, -0.1) is 0 Å². The number of nitrogens with zero attached hydrogens (tertiary/aromatic N) is 1. The molecule has 2 aromatic carbocycles. The summed E-state index contributed by atoms with van der Waals surface area (Å²) in [6, 6.07) is 12.0. The van der Waals surface area contributed by atoms with Gasteiger partial charge in [0.1, 0.15) is 10.8 Å². The molecule has 114 valence electrons. The van der Waals surface area contributed by atoms with Gasteiger partial charge in [-0.2, -0.15) is 5.10 Å². The van der Waals surface area contributed by atoms with Gasteiger partial charge in [0.15, 0.2) is 6.61 Å². The first-order chi connectivity index (χ1) is 10.6. The second-order valence-electron chi connectivity index (χ2n) is 4.19. The largest absolute Gasteiger partial charge is 0.482 e. The summed E-state index contributed by atoms with van der Waals surface area (Å²) < 4.78 is 5.28. The van der Waals surface area contributed by atoms with E-state index in [0.717, 1.165) is 5.56 Å². The zero-order valence-electron chi connectivity index (χ0n) is 11.2. The topological polar surface area (TPSA) is 50.7 Å². The maximum absolute atomic E-state index is 11.6. The van der Waals surface area contributed by atoms with Gasteiger partial charge < -0.3 is 4.74 Å². The average molecular weight is 358 g/mol. The van der Waals surface area contributed by atoms with Gasteiger partial charge in [-0.25, -0.2) is 5.43 Å². The van der Waals surface area contributed by atoms with Crippen LogP contribution in [0.25, 0.3) is 0 Å².